The Labute approximate surface area is 135 Å². The van der Waals surface area contributed by atoms with E-state index in [1.54, 1.807) is 6.20 Å². The Morgan fingerprint density at radius 3 is 2.63 bits per heavy atom. The predicted molar refractivity (Wildman–Crippen MR) is 87.9 cm³/mol. The molecule has 1 atom stereocenters. The van der Waals surface area contributed by atoms with Gasteiger partial charge in [0.1, 0.15) is 5.82 Å². The van der Waals surface area contributed by atoms with Crippen LogP contribution < -0.4 is 4.90 Å². The number of rotatable bonds is 3. The van der Waals surface area contributed by atoms with Crippen molar-refractivity contribution in [3.63, 3.8) is 0 Å². The molecule has 0 saturated heterocycles. The molecule has 1 aromatic carbocycles. The molecule has 2 rings (SSSR count). The number of halogens is 3. The molecule has 0 bridgehead atoms. The molecular weight excluding hydrogens is 391 g/mol. The predicted octanol–water partition coefficient (Wildman–Crippen LogP) is 5.46. The van der Waals surface area contributed by atoms with Crippen LogP contribution in [0.25, 0.3) is 0 Å². The average Bonchev–Trinajstić information content (AvgIpc) is 2.37. The smallest absolute Gasteiger partial charge is 0.143 e. The highest BCUT2D eigenvalue weighted by Crippen LogP contribution is 2.31. The minimum Gasteiger partial charge on any atom is -0.352 e. The van der Waals surface area contributed by atoms with Crippen LogP contribution in [0, 0.1) is 0 Å². The molecule has 2 aromatic rings. The Kier molecular flexibility index (Phi) is 4.87. The number of nitrogens with zero attached hydrogens (tertiary/aromatic N) is 2. The second kappa shape index (κ2) is 6.25. The molecule has 0 radical (unpaired) electrons. The van der Waals surface area contributed by atoms with Crippen molar-refractivity contribution in [2.45, 2.75) is 13.0 Å². The van der Waals surface area contributed by atoms with E-state index in [1.165, 1.54) is 0 Å². The first-order valence-electron chi connectivity index (χ1n) is 5.78. The van der Waals surface area contributed by atoms with E-state index in [0.29, 0.717) is 0 Å². The van der Waals surface area contributed by atoms with E-state index in [0.717, 1.165) is 25.3 Å². The van der Waals surface area contributed by atoms with E-state index in [2.05, 4.69) is 54.7 Å². The highest BCUT2D eigenvalue weighted by Gasteiger charge is 2.16. The number of benzene rings is 1. The molecule has 0 spiro atoms. The summed E-state index contributed by atoms with van der Waals surface area (Å²) in [5.74, 6) is 0.899. The lowest BCUT2D eigenvalue weighted by atomic mass is 10.1. The number of pyridine rings is 1. The van der Waals surface area contributed by atoms with E-state index < -0.39 is 0 Å². The van der Waals surface area contributed by atoms with Gasteiger partial charge < -0.3 is 4.90 Å². The molecule has 100 valence electrons. The van der Waals surface area contributed by atoms with Crippen LogP contribution in [0.15, 0.2) is 45.5 Å². The van der Waals surface area contributed by atoms with Crippen LogP contribution in [0.5, 0.6) is 0 Å². The van der Waals surface area contributed by atoms with E-state index in [9.17, 15) is 0 Å². The first kappa shape index (κ1) is 14.8. The van der Waals surface area contributed by atoms with Gasteiger partial charge in [-0.3, -0.25) is 0 Å². The van der Waals surface area contributed by atoms with Crippen LogP contribution in [-0.2, 0) is 0 Å². The Morgan fingerprint density at radius 2 is 2.00 bits per heavy atom. The SMILES string of the molecule is CC(c1cccc(Cl)c1)N(C)c1ncc(Br)cc1Br. The second-order valence-electron chi connectivity index (χ2n) is 4.30. The van der Waals surface area contributed by atoms with Gasteiger partial charge in [-0.1, -0.05) is 23.7 Å². The number of hydrogen-bond acceptors (Lipinski definition) is 2. The van der Waals surface area contributed by atoms with Gasteiger partial charge in [-0.15, -0.1) is 0 Å². The van der Waals surface area contributed by atoms with E-state index >= 15 is 0 Å². The molecule has 1 aromatic heterocycles. The van der Waals surface area contributed by atoms with Gasteiger partial charge >= 0.3 is 0 Å². The van der Waals surface area contributed by atoms with E-state index in [1.807, 2.05) is 31.3 Å². The molecule has 0 aliphatic carbocycles. The lowest BCUT2D eigenvalue weighted by molar-refractivity contribution is 0.727. The topological polar surface area (TPSA) is 16.1 Å². The van der Waals surface area contributed by atoms with Crippen LogP contribution in [0.1, 0.15) is 18.5 Å². The molecule has 19 heavy (non-hydrogen) atoms. The lowest BCUT2D eigenvalue weighted by Gasteiger charge is -2.27. The van der Waals surface area contributed by atoms with Crippen molar-refractivity contribution in [1.29, 1.82) is 0 Å². The molecule has 0 saturated carbocycles. The van der Waals surface area contributed by atoms with Crippen LogP contribution in [0.3, 0.4) is 0 Å². The summed E-state index contributed by atoms with van der Waals surface area (Å²) in [4.78, 5) is 6.56. The zero-order chi connectivity index (χ0) is 14.0. The summed E-state index contributed by atoms with van der Waals surface area (Å²) >= 11 is 13.0. The maximum absolute atomic E-state index is 6.04. The molecule has 0 aliphatic heterocycles. The van der Waals surface area contributed by atoms with Gasteiger partial charge in [0.2, 0.25) is 0 Å². The van der Waals surface area contributed by atoms with Crippen molar-refractivity contribution < 1.29 is 0 Å². The minimum absolute atomic E-state index is 0.184. The van der Waals surface area contributed by atoms with E-state index in [-0.39, 0.29) is 6.04 Å². The third kappa shape index (κ3) is 3.50. The van der Waals surface area contributed by atoms with Crippen LogP contribution in [-0.4, -0.2) is 12.0 Å². The minimum atomic E-state index is 0.184. The Hall–Kier alpha value is -0.580. The molecule has 0 N–H and O–H groups in total. The summed E-state index contributed by atoms with van der Waals surface area (Å²) in [5.41, 5.74) is 1.16. The molecule has 0 aliphatic rings. The molecular formula is C14H13Br2ClN2. The van der Waals surface area contributed by atoms with Crippen molar-refractivity contribution in [2.24, 2.45) is 0 Å². The van der Waals surface area contributed by atoms with Crippen molar-refractivity contribution >= 4 is 49.3 Å². The van der Waals surface area contributed by atoms with Crippen molar-refractivity contribution in [3.8, 4) is 0 Å². The summed E-state index contributed by atoms with van der Waals surface area (Å²) in [7, 11) is 2.02. The van der Waals surface area contributed by atoms with Gasteiger partial charge in [-0.2, -0.15) is 0 Å². The zero-order valence-corrected chi connectivity index (χ0v) is 14.5. The average molecular weight is 405 g/mol. The van der Waals surface area contributed by atoms with Crippen molar-refractivity contribution in [3.05, 3.63) is 56.1 Å². The highest BCUT2D eigenvalue weighted by atomic mass is 79.9. The Morgan fingerprint density at radius 1 is 1.26 bits per heavy atom. The summed E-state index contributed by atoms with van der Waals surface area (Å²) in [6.07, 6.45) is 1.79. The third-order valence-electron chi connectivity index (χ3n) is 3.03. The van der Waals surface area contributed by atoms with Gasteiger partial charge in [0.25, 0.3) is 0 Å². The zero-order valence-electron chi connectivity index (χ0n) is 10.6. The first-order chi connectivity index (χ1) is 8.99. The summed E-state index contributed by atoms with van der Waals surface area (Å²) < 4.78 is 1.91. The molecule has 0 amide bonds. The van der Waals surface area contributed by atoms with Crippen LogP contribution in [0.4, 0.5) is 5.82 Å². The maximum Gasteiger partial charge on any atom is 0.143 e. The summed E-state index contributed by atoms with van der Waals surface area (Å²) in [5, 5.41) is 0.751. The Balaban J connectivity index is 2.30. The van der Waals surface area contributed by atoms with Gasteiger partial charge in [-0.05, 0) is 62.5 Å². The Bertz CT molecular complexity index is 589. The van der Waals surface area contributed by atoms with Gasteiger partial charge in [-0.25, -0.2) is 4.98 Å². The summed E-state index contributed by atoms with van der Waals surface area (Å²) in [6.45, 7) is 2.13. The monoisotopic (exact) mass is 402 g/mol. The van der Waals surface area contributed by atoms with Crippen molar-refractivity contribution in [2.75, 3.05) is 11.9 Å². The molecule has 1 unspecified atom stereocenters. The molecule has 0 fully saturated rings. The molecule has 2 nitrogen and oxygen atoms in total. The highest BCUT2D eigenvalue weighted by molar-refractivity contribution is 9.11. The fraction of sp³-hybridized carbons (Fsp3) is 0.214. The first-order valence-corrected chi connectivity index (χ1v) is 7.75. The van der Waals surface area contributed by atoms with Gasteiger partial charge in [0.15, 0.2) is 0 Å². The summed E-state index contributed by atoms with van der Waals surface area (Å²) in [6, 6.07) is 10.1. The third-order valence-corrected chi connectivity index (χ3v) is 4.29. The largest absolute Gasteiger partial charge is 0.352 e. The number of aromatic nitrogens is 1. The maximum atomic E-state index is 6.04. The number of hydrogen-bond donors (Lipinski definition) is 0. The quantitative estimate of drug-likeness (QED) is 0.676. The lowest BCUT2D eigenvalue weighted by Crippen LogP contribution is -2.23. The second-order valence-corrected chi connectivity index (χ2v) is 6.51. The van der Waals surface area contributed by atoms with Gasteiger partial charge in [0.05, 0.1) is 10.5 Å². The standard InChI is InChI=1S/C14H13Br2ClN2/c1-9(10-4-3-5-12(17)6-10)19(2)14-13(16)7-11(15)8-18-14/h3-9H,1-2H3. The molecule has 5 heteroatoms. The normalized spacial score (nSPS) is 12.3. The van der Waals surface area contributed by atoms with Crippen molar-refractivity contribution in [1.82, 2.24) is 4.98 Å². The van der Waals surface area contributed by atoms with Gasteiger partial charge in [0, 0.05) is 22.7 Å². The molecule has 1 heterocycles. The fourth-order valence-corrected chi connectivity index (χ4v) is 3.31. The fourth-order valence-electron chi connectivity index (χ4n) is 1.84. The number of anilines is 1. The van der Waals surface area contributed by atoms with E-state index in [4.69, 9.17) is 11.6 Å². The van der Waals surface area contributed by atoms with Crippen LogP contribution >= 0.6 is 43.5 Å². The van der Waals surface area contributed by atoms with Crippen LogP contribution in [0.2, 0.25) is 5.02 Å².